The minimum atomic E-state index is 0.00623. The number of thioether (sulfide) groups is 1. The minimum absolute atomic E-state index is 0.00623. The summed E-state index contributed by atoms with van der Waals surface area (Å²) in [5, 5.41) is 0.292. The zero-order valence-electron chi connectivity index (χ0n) is 13.3. The molecule has 0 amide bonds. The molecule has 0 bridgehead atoms. The van der Waals surface area contributed by atoms with Gasteiger partial charge in [-0.1, -0.05) is 20.8 Å². The molecule has 1 saturated heterocycles. The molecule has 0 spiro atoms. The van der Waals surface area contributed by atoms with Gasteiger partial charge in [0.15, 0.2) is 0 Å². The molecular weight excluding hydrogens is 276 g/mol. The van der Waals surface area contributed by atoms with Crippen LogP contribution in [0.25, 0.3) is 0 Å². The third-order valence-electron chi connectivity index (χ3n) is 3.16. The molecule has 0 aromatic carbocycles. The van der Waals surface area contributed by atoms with Crippen LogP contribution >= 0.6 is 11.8 Å². The van der Waals surface area contributed by atoms with E-state index in [1.807, 2.05) is 0 Å². The molecule has 0 aromatic rings. The second-order valence-corrected chi connectivity index (χ2v) is 6.37. The van der Waals surface area contributed by atoms with E-state index in [-0.39, 0.29) is 17.6 Å². The van der Waals surface area contributed by atoms with E-state index in [1.165, 1.54) is 0 Å². The molecule has 0 aromatic heterocycles. The van der Waals surface area contributed by atoms with Crippen molar-refractivity contribution in [2.75, 3.05) is 33.5 Å². The summed E-state index contributed by atoms with van der Waals surface area (Å²) >= 11 is 1.78. The maximum absolute atomic E-state index is 6.03. The van der Waals surface area contributed by atoms with Gasteiger partial charge in [-0.25, -0.2) is 0 Å². The monoisotopic (exact) mass is 306 g/mol. The molecule has 0 aliphatic carbocycles. The van der Waals surface area contributed by atoms with Crippen LogP contribution < -0.4 is 0 Å². The highest BCUT2D eigenvalue weighted by atomic mass is 32.2. The predicted octanol–water partition coefficient (Wildman–Crippen LogP) is 3.09. The highest BCUT2D eigenvalue weighted by Gasteiger charge is 2.46. The molecule has 1 aliphatic rings. The summed E-state index contributed by atoms with van der Waals surface area (Å²) < 4.78 is 23.3. The van der Waals surface area contributed by atoms with Crippen molar-refractivity contribution in [1.82, 2.24) is 0 Å². The topological polar surface area (TPSA) is 36.9 Å². The lowest BCUT2D eigenvalue weighted by molar-refractivity contribution is -0.102. The summed E-state index contributed by atoms with van der Waals surface area (Å²) in [5.74, 6) is 0. The molecule has 5 heteroatoms. The van der Waals surface area contributed by atoms with Crippen LogP contribution in [0.1, 0.15) is 40.0 Å². The summed E-state index contributed by atoms with van der Waals surface area (Å²) in [6.07, 6.45) is 3.14. The number of hydrogen-bond acceptors (Lipinski definition) is 5. The van der Waals surface area contributed by atoms with E-state index < -0.39 is 0 Å². The molecular formula is C15H30O4S. The number of hydrogen-bond donors (Lipinski definition) is 0. The minimum Gasteiger partial charge on any atom is -0.380 e. The van der Waals surface area contributed by atoms with Gasteiger partial charge < -0.3 is 18.9 Å². The second-order valence-electron chi connectivity index (χ2n) is 5.02. The largest absolute Gasteiger partial charge is 0.380 e. The Balaban J connectivity index is 2.60. The third kappa shape index (κ3) is 5.53. The van der Waals surface area contributed by atoms with E-state index in [1.54, 1.807) is 18.9 Å². The lowest BCUT2D eigenvalue weighted by atomic mass is 10.1. The first-order valence-electron chi connectivity index (χ1n) is 7.77. The van der Waals surface area contributed by atoms with Gasteiger partial charge >= 0.3 is 0 Å². The van der Waals surface area contributed by atoms with Crippen LogP contribution in [0.4, 0.5) is 0 Å². The zero-order chi connectivity index (χ0) is 14.8. The van der Waals surface area contributed by atoms with Gasteiger partial charge in [0.25, 0.3) is 0 Å². The first-order chi connectivity index (χ1) is 9.78. The Morgan fingerprint density at radius 1 is 0.850 bits per heavy atom. The maximum atomic E-state index is 6.03. The quantitative estimate of drug-likeness (QED) is 0.548. The van der Waals surface area contributed by atoms with Gasteiger partial charge in [-0.2, -0.15) is 0 Å². The molecule has 4 atom stereocenters. The fourth-order valence-electron chi connectivity index (χ4n) is 2.24. The first-order valence-corrected chi connectivity index (χ1v) is 8.71. The lowest BCUT2D eigenvalue weighted by Gasteiger charge is -2.25. The fraction of sp³-hybridized carbons (Fsp3) is 1.00. The first kappa shape index (κ1) is 18.2. The summed E-state index contributed by atoms with van der Waals surface area (Å²) in [5.41, 5.74) is 0.0404. The van der Waals surface area contributed by atoms with Crippen LogP contribution in [0.2, 0.25) is 0 Å². The average Bonchev–Trinajstić information content (AvgIpc) is 2.80. The van der Waals surface area contributed by atoms with Crippen LogP contribution in [0.15, 0.2) is 0 Å². The maximum Gasteiger partial charge on any atom is 0.132 e. The fourth-order valence-corrected chi connectivity index (χ4v) is 3.65. The Morgan fingerprint density at radius 3 is 2.00 bits per heavy atom. The van der Waals surface area contributed by atoms with Crippen molar-refractivity contribution in [3.8, 4) is 0 Å². The molecule has 0 radical (unpaired) electrons. The van der Waals surface area contributed by atoms with Gasteiger partial charge in [0, 0.05) is 26.9 Å². The Morgan fingerprint density at radius 2 is 1.45 bits per heavy atom. The van der Waals surface area contributed by atoms with Crippen molar-refractivity contribution >= 4 is 11.8 Å². The van der Waals surface area contributed by atoms with Crippen molar-refractivity contribution in [2.24, 2.45) is 0 Å². The van der Waals surface area contributed by atoms with E-state index in [0.717, 1.165) is 39.1 Å². The predicted molar refractivity (Wildman–Crippen MR) is 83.3 cm³/mol. The normalized spacial score (nSPS) is 30.0. The molecule has 0 N–H and O–H groups in total. The Hall–Kier alpha value is 0.190. The summed E-state index contributed by atoms with van der Waals surface area (Å²) in [7, 11) is 1.74. The number of methoxy groups -OCH3 is 1. The van der Waals surface area contributed by atoms with Crippen LogP contribution in [0.5, 0.6) is 0 Å². The second kappa shape index (κ2) is 10.9. The van der Waals surface area contributed by atoms with Gasteiger partial charge in [0.1, 0.15) is 17.6 Å². The molecule has 4 nitrogen and oxygen atoms in total. The van der Waals surface area contributed by atoms with Gasteiger partial charge in [0.05, 0.1) is 11.9 Å². The van der Waals surface area contributed by atoms with Crippen LogP contribution in [-0.2, 0) is 18.9 Å². The van der Waals surface area contributed by atoms with E-state index in [0.29, 0.717) is 11.9 Å². The van der Waals surface area contributed by atoms with Gasteiger partial charge in [0.2, 0.25) is 0 Å². The van der Waals surface area contributed by atoms with E-state index in [9.17, 15) is 0 Å². The average molecular weight is 306 g/mol. The van der Waals surface area contributed by atoms with E-state index >= 15 is 0 Å². The Kier molecular flexibility index (Phi) is 9.90. The van der Waals surface area contributed by atoms with Gasteiger partial charge in [-0.15, -0.1) is 11.8 Å². The lowest BCUT2D eigenvalue weighted by Crippen LogP contribution is -2.40. The Labute approximate surface area is 127 Å². The van der Waals surface area contributed by atoms with Crippen molar-refractivity contribution in [2.45, 2.75) is 62.9 Å². The van der Waals surface area contributed by atoms with Crippen molar-refractivity contribution < 1.29 is 18.9 Å². The molecule has 1 heterocycles. The van der Waals surface area contributed by atoms with Crippen molar-refractivity contribution in [3.63, 3.8) is 0 Å². The summed E-state index contributed by atoms with van der Waals surface area (Å²) in [6.45, 7) is 9.39. The zero-order valence-corrected chi connectivity index (χ0v) is 14.1. The molecule has 0 saturated carbocycles. The third-order valence-corrected chi connectivity index (χ3v) is 4.64. The van der Waals surface area contributed by atoms with Gasteiger partial charge in [-0.3, -0.25) is 0 Å². The van der Waals surface area contributed by atoms with Crippen LogP contribution in [0, 0.1) is 0 Å². The smallest absolute Gasteiger partial charge is 0.132 e. The van der Waals surface area contributed by atoms with Crippen LogP contribution in [-0.4, -0.2) is 56.4 Å². The molecule has 1 fully saturated rings. The number of rotatable bonds is 11. The van der Waals surface area contributed by atoms with E-state index in [4.69, 9.17) is 18.9 Å². The van der Waals surface area contributed by atoms with Gasteiger partial charge in [-0.05, 0) is 19.3 Å². The SMILES string of the molecule is CCCOC[C@@H]1SC(OC)[C@H](OCCC)[C@H]1OCCC. The highest BCUT2D eigenvalue weighted by Crippen LogP contribution is 2.38. The van der Waals surface area contributed by atoms with Crippen molar-refractivity contribution in [3.05, 3.63) is 0 Å². The van der Waals surface area contributed by atoms with E-state index in [2.05, 4.69) is 20.8 Å². The summed E-state index contributed by atoms with van der Waals surface area (Å²) in [4.78, 5) is 0. The summed E-state index contributed by atoms with van der Waals surface area (Å²) in [6, 6.07) is 0. The molecule has 1 rings (SSSR count). The Bertz CT molecular complexity index is 240. The van der Waals surface area contributed by atoms with Crippen molar-refractivity contribution in [1.29, 1.82) is 0 Å². The molecule has 1 unspecified atom stereocenters. The highest BCUT2D eigenvalue weighted by molar-refractivity contribution is 8.00. The molecule has 1 aliphatic heterocycles. The number of ether oxygens (including phenoxy) is 4. The van der Waals surface area contributed by atoms with Crippen LogP contribution in [0.3, 0.4) is 0 Å². The standard InChI is InChI=1S/C15H30O4S/c1-5-8-17-11-12-13(18-9-6-2)14(19-10-7-3)15(16-4)20-12/h12-15H,5-11H2,1-4H3/t12-,13-,14+,15?/m0/s1. The molecule has 120 valence electrons. The molecule has 20 heavy (non-hydrogen) atoms.